The van der Waals surface area contributed by atoms with Gasteiger partial charge in [-0.05, 0) is 79.3 Å². The minimum Gasteiger partial charge on any atom is -0.512 e. The Kier molecular flexibility index (Phi) is 10.0. The number of aromatic nitrogens is 2. The molecule has 0 unspecified atom stereocenters. The van der Waals surface area contributed by atoms with Crippen LogP contribution in [-0.4, -0.2) is 20.9 Å². The number of fused-ring (bicyclic) bond motifs is 4. The molecule has 0 saturated heterocycles. The molecule has 6 rings (SSSR count). The van der Waals surface area contributed by atoms with Gasteiger partial charge in [0.05, 0.1) is 21.6 Å². The molecule has 0 bridgehead atoms. The summed E-state index contributed by atoms with van der Waals surface area (Å²) in [6, 6.07) is 24.7. The van der Waals surface area contributed by atoms with Crippen LogP contribution >= 0.6 is 11.3 Å². The maximum atomic E-state index is 10.0. The number of carbonyl (C=O) groups excluding carboxylic acids is 1. The van der Waals surface area contributed by atoms with Gasteiger partial charge in [0.25, 0.3) is 0 Å². The molecule has 1 radical (unpaired) electrons. The van der Waals surface area contributed by atoms with Crippen molar-refractivity contribution in [2.45, 2.75) is 60.3 Å². The van der Waals surface area contributed by atoms with Gasteiger partial charge in [0.2, 0.25) is 5.71 Å². The average Bonchev–Trinajstić information content (AvgIpc) is 3.52. The maximum Gasteiger partial charge on any atom is 0.216 e. The number of hydrogen-bond donors (Lipinski definition) is 1. The van der Waals surface area contributed by atoms with Crippen LogP contribution in [0.4, 0.5) is 0 Å². The van der Waals surface area contributed by atoms with E-state index in [4.69, 9.17) is 14.5 Å². The predicted octanol–water partition coefficient (Wildman–Crippen LogP) is 10.3. The molecule has 1 N–H and O–H groups in total. The fourth-order valence-corrected chi connectivity index (χ4v) is 6.31. The van der Waals surface area contributed by atoms with Crippen LogP contribution < -0.4 is 0 Å². The van der Waals surface area contributed by atoms with Crippen LogP contribution in [0.15, 0.2) is 76.9 Å². The van der Waals surface area contributed by atoms with Crippen molar-refractivity contribution in [3.05, 3.63) is 95.4 Å². The van der Waals surface area contributed by atoms with Crippen LogP contribution in [0.3, 0.4) is 0 Å². The Bertz CT molecular complexity index is 1940. The molecular weight excluding hydrogens is 733 g/mol. The second-order valence-corrected chi connectivity index (χ2v) is 12.3. The van der Waals surface area contributed by atoms with E-state index in [0.29, 0.717) is 17.5 Å². The molecule has 0 amide bonds. The second-order valence-electron chi connectivity index (χ2n) is 11.2. The molecule has 223 valence electrons. The summed E-state index contributed by atoms with van der Waals surface area (Å²) in [7, 11) is 0. The molecule has 7 heteroatoms. The normalized spacial score (nSPS) is 11.7. The molecule has 0 saturated carbocycles. The van der Waals surface area contributed by atoms with Gasteiger partial charge in [-0.15, -0.1) is 29.5 Å². The average molecular weight is 768 g/mol. The number of thiophene rings is 1. The van der Waals surface area contributed by atoms with E-state index in [1.807, 2.05) is 36.5 Å². The molecule has 2 aromatic carbocycles. The van der Waals surface area contributed by atoms with Crippen LogP contribution in [0.2, 0.25) is 0 Å². The quantitative estimate of drug-likeness (QED) is 0.107. The fourth-order valence-electron chi connectivity index (χ4n) is 5.22. The summed E-state index contributed by atoms with van der Waals surface area (Å²) in [4.78, 5) is 21.0. The Labute approximate surface area is 270 Å². The van der Waals surface area contributed by atoms with Crippen LogP contribution in [0.5, 0.6) is 0 Å². The standard InChI is InChI=1S/C31H27N2OS.C5H8O2.Ir/c1-17(2)20-8-6-9-21(18(3)4)29(20)28-16-26-27(35-28)15-14-25(33-26)24-11-7-10-22-23-13-12-19(5)32-31(23)34-30(22)24;1-4(6)3-5(2)7;/h6-10,12-18H,1-5H3;3,6H,1-2H3;/q-1;;/b;4-3-;. The number of ketones is 1. The molecule has 43 heavy (non-hydrogen) atoms. The van der Waals surface area contributed by atoms with E-state index in [9.17, 15) is 4.79 Å². The number of hydrogen-bond acceptors (Lipinski definition) is 6. The summed E-state index contributed by atoms with van der Waals surface area (Å²) >= 11 is 1.82. The third kappa shape index (κ3) is 6.80. The van der Waals surface area contributed by atoms with Crippen LogP contribution in [-0.2, 0) is 24.9 Å². The van der Waals surface area contributed by atoms with Crippen molar-refractivity contribution in [3.8, 4) is 21.7 Å². The zero-order chi connectivity index (χ0) is 30.1. The third-order valence-corrected chi connectivity index (χ3v) is 8.21. The zero-order valence-electron chi connectivity index (χ0n) is 25.4. The molecule has 0 aliphatic rings. The smallest absolute Gasteiger partial charge is 0.216 e. The fraction of sp³-hybridized carbons (Fsp3) is 0.250. The van der Waals surface area contributed by atoms with Gasteiger partial charge in [-0.3, -0.25) is 9.78 Å². The van der Waals surface area contributed by atoms with Gasteiger partial charge in [-0.2, -0.15) is 0 Å². The number of allylic oxidation sites excluding steroid dienone is 2. The molecular formula is C36H35IrN2O3S-. The van der Waals surface area contributed by atoms with Gasteiger partial charge in [0.1, 0.15) is 0 Å². The summed E-state index contributed by atoms with van der Waals surface area (Å²) < 4.78 is 7.40. The van der Waals surface area contributed by atoms with E-state index in [-0.39, 0.29) is 31.6 Å². The topological polar surface area (TPSA) is 76.2 Å². The SMILES string of the molecule is CC(=O)/C=C(/C)O.Cc1ccc2c(n1)oc1c(-c3ccc4sc(-c5c(C(C)C)cccc5C(C)C)cc4n3)[c-]ccc12.[Ir]. The number of nitrogens with zero attached hydrogens (tertiary/aromatic N) is 2. The van der Waals surface area contributed by atoms with E-state index in [1.165, 1.54) is 46.2 Å². The van der Waals surface area contributed by atoms with Crippen molar-refractivity contribution in [1.82, 2.24) is 9.97 Å². The Morgan fingerprint density at radius 1 is 0.953 bits per heavy atom. The van der Waals surface area contributed by atoms with Crippen molar-refractivity contribution in [1.29, 1.82) is 0 Å². The first-order valence-corrected chi connectivity index (χ1v) is 15.0. The summed E-state index contributed by atoms with van der Waals surface area (Å²) in [6.45, 7) is 13.9. The molecule has 4 heterocycles. The Morgan fingerprint density at radius 3 is 2.26 bits per heavy atom. The summed E-state index contributed by atoms with van der Waals surface area (Å²) in [5.41, 5.74) is 9.29. The number of pyridine rings is 2. The Morgan fingerprint density at radius 2 is 1.65 bits per heavy atom. The molecule has 0 spiro atoms. The summed E-state index contributed by atoms with van der Waals surface area (Å²) in [5.74, 6) is 0.845. The zero-order valence-corrected chi connectivity index (χ0v) is 28.6. The van der Waals surface area contributed by atoms with Crippen molar-refractivity contribution in [2.24, 2.45) is 0 Å². The van der Waals surface area contributed by atoms with Crippen molar-refractivity contribution in [3.63, 3.8) is 0 Å². The largest absolute Gasteiger partial charge is 0.512 e. The Balaban J connectivity index is 0.000000475. The number of carbonyl (C=O) groups is 1. The van der Waals surface area contributed by atoms with Crippen molar-refractivity contribution < 1.29 is 34.4 Å². The van der Waals surface area contributed by atoms with Gasteiger partial charge < -0.3 is 9.52 Å². The first-order chi connectivity index (χ1) is 20.0. The van der Waals surface area contributed by atoms with E-state index in [1.54, 1.807) is 0 Å². The van der Waals surface area contributed by atoms with E-state index >= 15 is 0 Å². The molecule has 5 nitrogen and oxygen atoms in total. The van der Waals surface area contributed by atoms with Gasteiger partial charge in [-0.25, -0.2) is 4.98 Å². The van der Waals surface area contributed by atoms with E-state index < -0.39 is 0 Å². The first-order valence-electron chi connectivity index (χ1n) is 14.2. The van der Waals surface area contributed by atoms with Crippen LogP contribution in [0.25, 0.3) is 54.0 Å². The number of rotatable bonds is 5. The molecule has 0 aliphatic carbocycles. The third-order valence-electron chi connectivity index (χ3n) is 7.10. The Hall–Kier alpha value is -3.64. The van der Waals surface area contributed by atoms with Crippen LogP contribution in [0.1, 0.15) is 70.2 Å². The van der Waals surface area contributed by atoms with Gasteiger partial charge in [-0.1, -0.05) is 62.9 Å². The number of aliphatic hydroxyl groups excluding tert-OH is 1. The van der Waals surface area contributed by atoms with Gasteiger partial charge in [0.15, 0.2) is 5.78 Å². The van der Waals surface area contributed by atoms with Crippen LogP contribution in [0, 0.1) is 13.0 Å². The second kappa shape index (κ2) is 13.3. The van der Waals surface area contributed by atoms with E-state index in [0.717, 1.165) is 38.8 Å². The van der Waals surface area contributed by atoms with E-state index in [2.05, 4.69) is 81.2 Å². The monoisotopic (exact) mass is 768 g/mol. The number of aliphatic hydroxyl groups is 1. The predicted molar refractivity (Wildman–Crippen MR) is 174 cm³/mol. The minimum atomic E-state index is -0.125. The maximum absolute atomic E-state index is 10.0. The molecule has 0 fully saturated rings. The molecule has 4 aromatic heterocycles. The van der Waals surface area contributed by atoms with Crippen molar-refractivity contribution >= 4 is 49.4 Å². The summed E-state index contributed by atoms with van der Waals surface area (Å²) in [5, 5.41) is 10.4. The minimum absolute atomic E-state index is 0. The van der Waals surface area contributed by atoms with Gasteiger partial charge in [0, 0.05) is 42.1 Å². The van der Waals surface area contributed by atoms with Crippen molar-refractivity contribution in [2.75, 3.05) is 0 Å². The van der Waals surface area contributed by atoms with Gasteiger partial charge >= 0.3 is 0 Å². The summed E-state index contributed by atoms with van der Waals surface area (Å²) in [6.07, 6.45) is 1.17. The number of furan rings is 1. The first kappa shape index (κ1) is 32.3. The number of benzene rings is 2. The molecule has 6 aromatic rings. The number of aryl methyl sites for hydroxylation is 1. The molecule has 0 atom stereocenters. The molecule has 0 aliphatic heterocycles.